The molecule has 1 unspecified atom stereocenters. The third kappa shape index (κ3) is 7.58. The Morgan fingerprint density at radius 1 is 0.838 bits per heavy atom. The summed E-state index contributed by atoms with van der Waals surface area (Å²) < 4.78 is 10.3. The number of nitrogens with one attached hydrogen (secondary N) is 2. The van der Waals surface area contributed by atoms with Gasteiger partial charge in [0.15, 0.2) is 0 Å². The van der Waals surface area contributed by atoms with E-state index in [1.807, 2.05) is 0 Å². The van der Waals surface area contributed by atoms with Gasteiger partial charge in [0.1, 0.15) is 29.8 Å². The maximum atomic E-state index is 13.6. The summed E-state index contributed by atoms with van der Waals surface area (Å²) in [5, 5.41) is 5.54. The zero-order valence-corrected chi connectivity index (χ0v) is 22.5. The average Bonchev–Trinajstić information content (AvgIpc) is 3.51. The fraction of sp³-hybridized carbons (Fsp3) is 0.808. The molecule has 0 radical (unpaired) electrons. The summed E-state index contributed by atoms with van der Waals surface area (Å²) in [5.74, 6) is -1.42. The number of amides is 4. The number of nitrogens with zero attached hydrogens (tertiary/aromatic N) is 2. The maximum Gasteiger partial charge on any atom is 0.408 e. The second-order valence-corrected chi connectivity index (χ2v) is 11.2. The number of carbonyl (C=O) groups is 5. The zero-order valence-electron chi connectivity index (χ0n) is 22.5. The van der Waals surface area contributed by atoms with Gasteiger partial charge < -0.3 is 29.9 Å². The van der Waals surface area contributed by atoms with Gasteiger partial charge in [-0.25, -0.2) is 9.59 Å². The Kier molecular flexibility index (Phi) is 9.78. The predicted molar refractivity (Wildman–Crippen MR) is 134 cm³/mol. The van der Waals surface area contributed by atoms with Crippen LogP contribution in [-0.2, 0) is 28.7 Å². The fourth-order valence-electron chi connectivity index (χ4n) is 5.40. The minimum atomic E-state index is -0.809. The lowest BCUT2D eigenvalue weighted by atomic mass is 10.0. The van der Waals surface area contributed by atoms with Crippen LogP contribution in [0.15, 0.2) is 0 Å². The largest absolute Gasteiger partial charge is 0.467 e. The Bertz CT molecular complexity index is 871. The van der Waals surface area contributed by atoms with E-state index in [1.54, 1.807) is 30.6 Å². The number of hydrogen-bond acceptors (Lipinski definition) is 7. The van der Waals surface area contributed by atoms with E-state index in [0.717, 1.165) is 12.8 Å². The Morgan fingerprint density at radius 2 is 1.43 bits per heavy atom. The summed E-state index contributed by atoms with van der Waals surface area (Å²) in [6.45, 7) is 6.10. The Labute approximate surface area is 218 Å². The molecule has 2 N–H and O–H groups in total. The molecule has 3 saturated heterocycles. The summed E-state index contributed by atoms with van der Waals surface area (Å²) in [5.41, 5.74) is -0.709. The number of rotatable bonds is 2. The van der Waals surface area contributed by atoms with E-state index in [0.29, 0.717) is 64.5 Å². The summed E-state index contributed by atoms with van der Waals surface area (Å²) in [7, 11) is 1.29. The molecule has 0 spiro atoms. The van der Waals surface area contributed by atoms with Gasteiger partial charge in [0.05, 0.1) is 7.11 Å². The lowest BCUT2D eigenvalue weighted by Crippen LogP contribution is -2.57. The molecular formula is C26H42N4O7. The first kappa shape index (κ1) is 28.7. The van der Waals surface area contributed by atoms with Gasteiger partial charge in [0.2, 0.25) is 17.7 Å². The molecule has 11 heteroatoms. The van der Waals surface area contributed by atoms with Crippen molar-refractivity contribution < 1.29 is 33.4 Å². The predicted octanol–water partition coefficient (Wildman–Crippen LogP) is 1.87. The normalized spacial score (nSPS) is 28.3. The minimum absolute atomic E-state index is 0.263. The van der Waals surface area contributed by atoms with E-state index < -0.39 is 41.8 Å². The smallest absolute Gasteiger partial charge is 0.408 e. The second kappa shape index (κ2) is 12.6. The first-order valence-electron chi connectivity index (χ1n) is 13.5. The number of ether oxygens (including phenoxy) is 2. The van der Waals surface area contributed by atoms with Gasteiger partial charge in [-0.15, -0.1) is 0 Å². The van der Waals surface area contributed by atoms with E-state index in [1.165, 1.54) is 7.11 Å². The van der Waals surface area contributed by atoms with Crippen molar-refractivity contribution in [1.29, 1.82) is 0 Å². The molecule has 208 valence electrons. The molecular weight excluding hydrogens is 480 g/mol. The molecule has 0 aromatic rings. The minimum Gasteiger partial charge on any atom is -0.467 e. The van der Waals surface area contributed by atoms with Gasteiger partial charge >= 0.3 is 12.1 Å². The van der Waals surface area contributed by atoms with Gasteiger partial charge in [-0.1, -0.05) is 25.7 Å². The van der Waals surface area contributed by atoms with E-state index in [9.17, 15) is 24.0 Å². The van der Waals surface area contributed by atoms with Crippen LogP contribution in [0.3, 0.4) is 0 Å². The number of fused-ring (bicyclic) bond motifs is 2. The maximum absolute atomic E-state index is 13.6. The van der Waals surface area contributed by atoms with E-state index in [2.05, 4.69) is 10.6 Å². The van der Waals surface area contributed by atoms with Crippen molar-refractivity contribution in [3.63, 3.8) is 0 Å². The molecule has 0 bridgehead atoms. The van der Waals surface area contributed by atoms with Gasteiger partial charge in [-0.2, -0.15) is 0 Å². The molecule has 3 fully saturated rings. The first-order valence-corrected chi connectivity index (χ1v) is 13.5. The Hall–Kier alpha value is -2.85. The highest BCUT2D eigenvalue weighted by Gasteiger charge is 2.44. The van der Waals surface area contributed by atoms with Gasteiger partial charge in [0.25, 0.3) is 0 Å². The molecule has 0 aromatic carbocycles. The van der Waals surface area contributed by atoms with Crippen molar-refractivity contribution >= 4 is 29.8 Å². The molecule has 3 aliphatic heterocycles. The van der Waals surface area contributed by atoms with Gasteiger partial charge in [-0.05, 0) is 59.3 Å². The summed E-state index contributed by atoms with van der Waals surface area (Å²) in [6, 6.07) is -2.96. The third-order valence-electron chi connectivity index (χ3n) is 7.19. The van der Waals surface area contributed by atoms with Crippen LogP contribution in [0.2, 0.25) is 0 Å². The molecule has 3 heterocycles. The molecule has 11 nitrogen and oxygen atoms in total. The average molecular weight is 523 g/mol. The van der Waals surface area contributed by atoms with Crippen molar-refractivity contribution in [1.82, 2.24) is 20.4 Å². The number of alkyl carbamates (subject to hydrolysis) is 1. The molecule has 0 aromatic heterocycles. The third-order valence-corrected chi connectivity index (χ3v) is 7.19. The van der Waals surface area contributed by atoms with Crippen LogP contribution >= 0.6 is 0 Å². The number of methoxy groups -OCH3 is 1. The number of carbonyl (C=O) groups excluding carboxylic acids is 5. The molecule has 4 amide bonds. The highest BCUT2D eigenvalue weighted by Crippen LogP contribution is 2.27. The summed E-state index contributed by atoms with van der Waals surface area (Å²) in [6.07, 6.45) is 5.41. The van der Waals surface area contributed by atoms with E-state index >= 15 is 0 Å². The van der Waals surface area contributed by atoms with Gasteiger partial charge in [-0.3, -0.25) is 14.4 Å². The van der Waals surface area contributed by atoms with Crippen LogP contribution in [0.1, 0.15) is 85.0 Å². The van der Waals surface area contributed by atoms with Gasteiger partial charge in [0, 0.05) is 13.1 Å². The topological polar surface area (TPSA) is 134 Å². The van der Waals surface area contributed by atoms with Crippen molar-refractivity contribution in [2.45, 2.75) is 115 Å². The lowest BCUT2D eigenvalue weighted by Gasteiger charge is -2.33. The zero-order chi connectivity index (χ0) is 27.2. The molecule has 3 rings (SSSR count). The number of esters is 1. The van der Waals surface area contributed by atoms with Crippen molar-refractivity contribution in [3.05, 3.63) is 0 Å². The van der Waals surface area contributed by atoms with Crippen LogP contribution in [0.25, 0.3) is 0 Å². The first-order chi connectivity index (χ1) is 17.5. The standard InChI is InChI=1S/C26H42N4O7/c1-26(2,3)37-25(35)28-17-11-7-5-6-8-12-18(24(34)36-4)27-21(31)19-13-9-15-29(19)23(33)20-14-10-16-30(20)22(17)32/h17-20H,5-16H2,1-4H3,(H,27,31)(H,28,35)/t17?,18-,19-,20+/m0/s1. The van der Waals surface area contributed by atoms with E-state index in [4.69, 9.17) is 9.47 Å². The highest BCUT2D eigenvalue weighted by molar-refractivity contribution is 5.95. The van der Waals surface area contributed by atoms with Crippen LogP contribution < -0.4 is 10.6 Å². The van der Waals surface area contributed by atoms with Crippen molar-refractivity contribution in [2.75, 3.05) is 20.2 Å². The fourth-order valence-corrected chi connectivity index (χ4v) is 5.40. The Morgan fingerprint density at radius 3 is 2.05 bits per heavy atom. The second-order valence-electron chi connectivity index (χ2n) is 11.2. The molecule has 37 heavy (non-hydrogen) atoms. The van der Waals surface area contributed by atoms with Crippen molar-refractivity contribution in [2.24, 2.45) is 0 Å². The highest BCUT2D eigenvalue weighted by atomic mass is 16.6. The van der Waals surface area contributed by atoms with Crippen LogP contribution in [-0.4, -0.2) is 89.6 Å². The Balaban J connectivity index is 1.84. The molecule has 0 aliphatic carbocycles. The summed E-state index contributed by atoms with van der Waals surface area (Å²) in [4.78, 5) is 68.4. The molecule has 0 saturated carbocycles. The summed E-state index contributed by atoms with van der Waals surface area (Å²) >= 11 is 0. The quantitative estimate of drug-likeness (QED) is 0.529. The molecule has 4 atom stereocenters. The SMILES string of the molecule is COC(=O)[C@@H]1CCCCCCC(NC(=O)OC(C)(C)C)C(=O)N2CCC[C@@H]2C(=O)N2CCC[C@H]2C(=O)N1. The monoisotopic (exact) mass is 522 g/mol. The van der Waals surface area contributed by atoms with Crippen LogP contribution in [0, 0.1) is 0 Å². The van der Waals surface area contributed by atoms with Crippen LogP contribution in [0.5, 0.6) is 0 Å². The van der Waals surface area contributed by atoms with Crippen molar-refractivity contribution in [3.8, 4) is 0 Å². The van der Waals surface area contributed by atoms with E-state index in [-0.39, 0.29) is 17.7 Å². The lowest BCUT2D eigenvalue weighted by molar-refractivity contribution is -0.149. The number of hydrogen-bond donors (Lipinski definition) is 2. The molecule has 3 aliphatic rings. The van der Waals surface area contributed by atoms with Crippen LogP contribution in [0.4, 0.5) is 4.79 Å².